The predicted octanol–water partition coefficient (Wildman–Crippen LogP) is 1.88. The van der Waals surface area contributed by atoms with Crippen molar-refractivity contribution in [3.05, 3.63) is 0 Å². The van der Waals surface area contributed by atoms with Crippen LogP contribution in [0.5, 0.6) is 0 Å². The summed E-state index contributed by atoms with van der Waals surface area (Å²) in [5.41, 5.74) is 0. The Hall–Kier alpha value is -0.120. The molecule has 0 aromatic heterocycles. The van der Waals surface area contributed by atoms with Crippen molar-refractivity contribution in [2.24, 2.45) is 5.92 Å². The molecule has 1 N–H and O–H groups in total. The van der Waals surface area contributed by atoms with Crippen LogP contribution in [0, 0.1) is 5.92 Å². The number of hydrogen-bond donors (Lipinski definition) is 1. The summed E-state index contributed by atoms with van der Waals surface area (Å²) in [6.07, 6.45) is 7.00. The van der Waals surface area contributed by atoms with Crippen molar-refractivity contribution in [1.29, 1.82) is 0 Å². The Kier molecular flexibility index (Phi) is 5.75. The molecular weight excluding hydrogens is 212 g/mol. The third-order valence-corrected chi connectivity index (χ3v) is 4.18. The van der Waals surface area contributed by atoms with Gasteiger partial charge in [0.25, 0.3) is 0 Å². The van der Waals surface area contributed by atoms with E-state index in [0.29, 0.717) is 0 Å². The van der Waals surface area contributed by atoms with Crippen LogP contribution in [-0.4, -0.2) is 50.3 Å². The van der Waals surface area contributed by atoms with Gasteiger partial charge in [-0.05, 0) is 31.7 Å². The second kappa shape index (κ2) is 7.34. The van der Waals surface area contributed by atoms with Crippen molar-refractivity contribution in [1.82, 2.24) is 10.2 Å². The van der Waals surface area contributed by atoms with E-state index in [4.69, 9.17) is 4.74 Å². The van der Waals surface area contributed by atoms with Crippen LogP contribution in [-0.2, 0) is 4.74 Å². The minimum Gasteiger partial charge on any atom is -0.379 e. The topological polar surface area (TPSA) is 24.5 Å². The van der Waals surface area contributed by atoms with Crippen LogP contribution in [0.1, 0.15) is 39.0 Å². The maximum Gasteiger partial charge on any atom is 0.0594 e. The van der Waals surface area contributed by atoms with Crippen LogP contribution < -0.4 is 5.32 Å². The molecule has 0 aromatic carbocycles. The molecule has 0 radical (unpaired) electrons. The fourth-order valence-corrected chi connectivity index (χ4v) is 3.13. The van der Waals surface area contributed by atoms with Crippen LogP contribution in [0.4, 0.5) is 0 Å². The van der Waals surface area contributed by atoms with Gasteiger partial charge in [-0.15, -0.1) is 0 Å². The van der Waals surface area contributed by atoms with Crippen molar-refractivity contribution < 1.29 is 4.74 Å². The molecule has 1 unspecified atom stereocenters. The normalized spacial score (nSPS) is 25.2. The summed E-state index contributed by atoms with van der Waals surface area (Å²) >= 11 is 0. The molecule has 17 heavy (non-hydrogen) atoms. The first-order chi connectivity index (χ1) is 8.40. The van der Waals surface area contributed by atoms with Crippen molar-refractivity contribution in [2.45, 2.75) is 45.1 Å². The zero-order chi connectivity index (χ0) is 11.9. The molecule has 2 aliphatic rings. The summed E-state index contributed by atoms with van der Waals surface area (Å²) < 4.78 is 5.43. The summed E-state index contributed by atoms with van der Waals surface area (Å²) in [4.78, 5) is 2.58. The molecule has 0 amide bonds. The lowest BCUT2D eigenvalue weighted by molar-refractivity contribution is 0.0302. The molecule has 1 heterocycles. The highest BCUT2D eigenvalue weighted by Crippen LogP contribution is 2.28. The van der Waals surface area contributed by atoms with Gasteiger partial charge in [0, 0.05) is 25.7 Å². The van der Waals surface area contributed by atoms with Gasteiger partial charge in [0.1, 0.15) is 0 Å². The molecular formula is C14H28N2O. The van der Waals surface area contributed by atoms with Crippen LogP contribution in [0.25, 0.3) is 0 Å². The lowest BCUT2D eigenvalue weighted by Crippen LogP contribution is -2.48. The van der Waals surface area contributed by atoms with E-state index in [1.807, 2.05) is 0 Å². The second-order valence-electron chi connectivity index (χ2n) is 5.52. The van der Waals surface area contributed by atoms with Crippen molar-refractivity contribution in [3.63, 3.8) is 0 Å². The Morgan fingerprint density at radius 2 is 1.94 bits per heavy atom. The SMILES string of the molecule is CCCNC(CN1CCOCC1)C1CCCC1. The molecule has 100 valence electrons. The Bertz CT molecular complexity index is 198. The number of ether oxygens (including phenoxy) is 1. The maximum atomic E-state index is 5.43. The fourth-order valence-electron chi connectivity index (χ4n) is 3.13. The summed E-state index contributed by atoms with van der Waals surface area (Å²) in [6, 6.07) is 0.718. The molecule has 0 bridgehead atoms. The molecule has 3 nitrogen and oxygen atoms in total. The zero-order valence-corrected chi connectivity index (χ0v) is 11.3. The first-order valence-corrected chi connectivity index (χ1v) is 7.43. The summed E-state index contributed by atoms with van der Waals surface area (Å²) in [5.74, 6) is 0.921. The van der Waals surface area contributed by atoms with Gasteiger partial charge in [0.15, 0.2) is 0 Å². The molecule has 3 heteroatoms. The first-order valence-electron chi connectivity index (χ1n) is 7.43. The van der Waals surface area contributed by atoms with Gasteiger partial charge in [-0.25, -0.2) is 0 Å². The molecule has 2 fully saturated rings. The van der Waals surface area contributed by atoms with Crippen LogP contribution in [0.2, 0.25) is 0 Å². The average molecular weight is 240 g/mol. The summed E-state index contributed by atoms with van der Waals surface area (Å²) in [7, 11) is 0. The van der Waals surface area contributed by atoms with E-state index in [1.54, 1.807) is 0 Å². The smallest absolute Gasteiger partial charge is 0.0594 e. The number of nitrogens with one attached hydrogen (secondary N) is 1. The molecule has 2 rings (SSSR count). The first kappa shape index (κ1) is 13.3. The van der Waals surface area contributed by atoms with Gasteiger partial charge >= 0.3 is 0 Å². The van der Waals surface area contributed by atoms with E-state index in [2.05, 4.69) is 17.1 Å². The summed E-state index contributed by atoms with van der Waals surface area (Å²) in [6.45, 7) is 8.75. The van der Waals surface area contributed by atoms with Crippen molar-refractivity contribution in [3.8, 4) is 0 Å². The largest absolute Gasteiger partial charge is 0.379 e. The third-order valence-electron chi connectivity index (χ3n) is 4.18. The van der Waals surface area contributed by atoms with Crippen molar-refractivity contribution >= 4 is 0 Å². The molecule has 0 aromatic rings. The average Bonchev–Trinajstić information content (AvgIpc) is 2.89. The Morgan fingerprint density at radius 1 is 1.24 bits per heavy atom. The van der Waals surface area contributed by atoms with E-state index < -0.39 is 0 Å². The van der Waals surface area contributed by atoms with Crippen LogP contribution >= 0.6 is 0 Å². The molecule has 1 aliphatic heterocycles. The Labute approximate surface area is 106 Å². The van der Waals surface area contributed by atoms with Crippen LogP contribution in [0.3, 0.4) is 0 Å². The minimum atomic E-state index is 0.718. The molecule has 1 saturated carbocycles. The molecule has 1 atom stereocenters. The predicted molar refractivity (Wildman–Crippen MR) is 71.3 cm³/mol. The number of rotatable bonds is 6. The van der Waals surface area contributed by atoms with Gasteiger partial charge in [0.05, 0.1) is 13.2 Å². The van der Waals surface area contributed by atoms with Gasteiger partial charge in [-0.2, -0.15) is 0 Å². The van der Waals surface area contributed by atoms with E-state index in [0.717, 1.165) is 38.3 Å². The standard InChI is InChI=1S/C14H28N2O/c1-2-7-15-14(13-5-3-4-6-13)12-16-8-10-17-11-9-16/h13-15H,2-12H2,1H3. The van der Waals surface area contributed by atoms with Gasteiger partial charge in [0.2, 0.25) is 0 Å². The summed E-state index contributed by atoms with van der Waals surface area (Å²) in [5, 5.41) is 3.78. The Morgan fingerprint density at radius 3 is 2.59 bits per heavy atom. The van der Waals surface area contributed by atoms with Crippen LogP contribution in [0.15, 0.2) is 0 Å². The lowest BCUT2D eigenvalue weighted by Gasteiger charge is -2.33. The molecule has 1 saturated heterocycles. The fraction of sp³-hybridized carbons (Fsp3) is 1.00. The molecule has 1 aliphatic carbocycles. The van der Waals surface area contributed by atoms with E-state index >= 15 is 0 Å². The third kappa shape index (κ3) is 4.23. The minimum absolute atomic E-state index is 0.718. The van der Waals surface area contributed by atoms with Gasteiger partial charge in [-0.3, -0.25) is 4.90 Å². The number of hydrogen-bond acceptors (Lipinski definition) is 3. The van der Waals surface area contributed by atoms with Gasteiger partial charge in [-0.1, -0.05) is 19.8 Å². The highest BCUT2D eigenvalue weighted by Gasteiger charge is 2.26. The lowest BCUT2D eigenvalue weighted by atomic mass is 9.97. The molecule has 0 spiro atoms. The number of nitrogens with zero attached hydrogens (tertiary/aromatic N) is 1. The van der Waals surface area contributed by atoms with E-state index in [1.165, 1.54) is 45.2 Å². The highest BCUT2D eigenvalue weighted by molar-refractivity contribution is 4.83. The van der Waals surface area contributed by atoms with Gasteiger partial charge < -0.3 is 10.1 Å². The van der Waals surface area contributed by atoms with Crippen molar-refractivity contribution in [2.75, 3.05) is 39.4 Å². The zero-order valence-electron chi connectivity index (χ0n) is 11.3. The maximum absolute atomic E-state index is 5.43. The Balaban J connectivity index is 1.80. The van der Waals surface area contributed by atoms with E-state index in [-0.39, 0.29) is 0 Å². The quantitative estimate of drug-likeness (QED) is 0.767. The van der Waals surface area contributed by atoms with E-state index in [9.17, 15) is 0 Å². The highest BCUT2D eigenvalue weighted by atomic mass is 16.5. The second-order valence-corrected chi connectivity index (χ2v) is 5.52. The monoisotopic (exact) mass is 240 g/mol. The number of morpholine rings is 1.